The maximum Gasteiger partial charge on any atom is 0.295 e. The molecule has 0 saturated carbocycles. The summed E-state index contributed by atoms with van der Waals surface area (Å²) in [4.78, 5) is 21.9. The molecule has 1 amide bonds. The van der Waals surface area contributed by atoms with E-state index >= 15 is 0 Å². The molecule has 5 heteroatoms. The number of hydrogen-bond donors (Lipinski definition) is 2. The molecule has 0 atom stereocenters. The zero-order valence-electron chi connectivity index (χ0n) is 7.37. The molecule has 0 radical (unpaired) electrons. The van der Waals surface area contributed by atoms with Gasteiger partial charge in [-0.2, -0.15) is 4.73 Å². The average molecular weight is 182 g/mol. The van der Waals surface area contributed by atoms with Crippen molar-refractivity contribution in [1.29, 1.82) is 0 Å². The van der Waals surface area contributed by atoms with Gasteiger partial charge in [-0.05, 0) is 25.5 Å². The highest BCUT2D eigenvalue weighted by Gasteiger charge is 2.12. The SMILES string of the molecule is Cc1cc(C(N)=O)c(=O)n(O)c1C. The summed E-state index contributed by atoms with van der Waals surface area (Å²) >= 11 is 0. The van der Waals surface area contributed by atoms with Crippen molar-refractivity contribution in [2.24, 2.45) is 5.73 Å². The van der Waals surface area contributed by atoms with E-state index in [9.17, 15) is 14.8 Å². The Morgan fingerprint density at radius 1 is 1.54 bits per heavy atom. The van der Waals surface area contributed by atoms with Gasteiger partial charge in [-0.1, -0.05) is 0 Å². The summed E-state index contributed by atoms with van der Waals surface area (Å²) in [6.07, 6.45) is 0. The lowest BCUT2D eigenvalue weighted by Crippen LogP contribution is -2.30. The minimum absolute atomic E-state index is 0.203. The number of carbonyl (C=O) groups excluding carboxylic acids is 1. The normalized spacial score (nSPS) is 10.0. The van der Waals surface area contributed by atoms with E-state index in [1.807, 2.05) is 0 Å². The van der Waals surface area contributed by atoms with Crippen molar-refractivity contribution in [2.45, 2.75) is 13.8 Å². The monoisotopic (exact) mass is 182 g/mol. The molecule has 0 unspecified atom stereocenters. The van der Waals surface area contributed by atoms with Crippen LogP contribution in [-0.2, 0) is 0 Å². The molecule has 0 bridgehead atoms. The molecule has 0 fully saturated rings. The fourth-order valence-electron chi connectivity index (χ4n) is 0.993. The van der Waals surface area contributed by atoms with Gasteiger partial charge in [0.05, 0.1) is 5.69 Å². The molecule has 3 N–H and O–H groups in total. The number of pyridine rings is 1. The number of hydrogen-bond acceptors (Lipinski definition) is 3. The van der Waals surface area contributed by atoms with Crippen molar-refractivity contribution >= 4 is 5.91 Å². The van der Waals surface area contributed by atoms with Gasteiger partial charge in [0.1, 0.15) is 5.56 Å². The van der Waals surface area contributed by atoms with Crippen LogP contribution in [0.15, 0.2) is 10.9 Å². The smallest absolute Gasteiger partial charge is 0.295 e. The van der Waals surface area contributed by atoms with Crippen molar-refractivity contribution in [2.75, 3.05) is 0 Å². The van der Waals surface area contributed by atoms with E-state index in [0.717, 1.165) is 0 Å². The summed E-state index contributed by atoms with van der Waals surface area (Å²) in [5.74, 6) is -0.837. The quantitative estimate of drug-likeness (QED) is 0.590. The van der Waals surface area contributed by atoms with Gasteiger partial charge in [0.25, 0.3) is 11.5 Å². The Morgan fingerprint density at radius 3 is 2.54 bits per heavy atom. The van der Waals surface area contributed by atoms with Gasteiger partial charge in [-0.3, -0.25) is 9.59 Å². The first-order chi connectivity index (χ1) is 5.95. The van der Waals surface area contributed by atoms with Crippen LogP contribution < -0.4 is 11.3 Å². The average Bonchev–Trinajstić information content (AvgIpc) is 2.07. The Bertz CT molecular complexity index is 420. The Kier molecular flexibility index (Phi) is 2.10. The van der Waals surface area contributed by atoms with E-state index in [2.05, 4.69) is 0 Å². The van der Waals surface area contributed by atoms with Crippen molar-refractivity contribution in [1.82, 2.24) is 4.73 Å². The highest BCUT2D eigenvalue weighted by Crippen LogP contribution is 2.03. The standard InChI is InChI=1S/C8H10N2O3/c1-4-3-6(7(9)11)8(12)10(13)5(4)2/h3,13H,1-2H3,(H2,9,11). The highest BCUT2D eigenvalue weighted by atomic mass is 16.5. The van der Waals surface area contributed by atoms with Crippen LogP contribution in [0.2, 0.25) is 0 Å². The molecule has 1 aromatic rings. The largest absolute Gasteiger partial charge is 0.425 e. The Labute approximate surface area is 74.4 Å². The molecule has 0 aliphatic heterocycles. The zero-order chi connectivity index (χ0) is 10.2. The first-order valence-corrected chi connectivity index (χ1v) is 3.67. The fourth-order valence-corrected chi connectivity index (χ4v) is 0.993. The summed E-state index contributed by atoms with van der Waals surface area (Å²) in [7, 11) is 0. The van der Waals surface area contributed by atoms with E-state index in [1.165, 1.54) is 6.07 Å². The second-order valence-electron chi connectivity index (χ2n) is 2.81. The zero-order valence-corrected chi connectivity index (χ0v) is 7.37. The van der Waals surface area contributed by atoms with E-state index in [1.54, 1.807) is 13.8 Å². The molecule has 0 aliphatic carbocycles. The van der Waals surface area contributed by atoms with Gasteiger partial charge in [0.15, 0.2) is 0 Å². The maximum absolute atomic E-state index is 11.2. The van der Waals surface area contributed by atoms with Gasteiger partial charge in [0.2, 0.25) is 0 Å². The minimum Gasteiger partial charge on any atom is -0.425 e. The van der Waals surface area contributed by atoms with Crippen LogP contribution in [0.3, 0.4) is 0 Å². The number of amides is 1. The summed E-state index contributed by atoms with van der Waals surface area (Å²) in [6, 6.07) is 1.37. The summed E-state index contributed by atoms with van der Waals surface area (Å²) in [5, 5.41) is 9.21. The van der Waals surface area contributed by atoms with Crippen LogP contribution >= 0.6 is 0 Å². The number of primary amides is 1. The number of nitrogens with zero attached hydrogens (tertiary/aromatic N) is 1. The van der Waals surface area contributed by atoms with Crippen LogP contribution in [0.25, 0.3) is 0 Å². The second-order valence-corrected chi connectivity index (χ2v) is 2.81. The fraction of sp³-hybridized carbons (Fsp3) is 0.250. The van der Waals surface area contributed by atoms with Crippen LogP contribution in [0, 0.1) is 13.8 Å². The molecule has 13 heavy (non-hydrogen) atoms. The van der Waals surface area contributed by atoms with E-state index < -0.39 is 11.5 Å². The van der Waals surface area contributed by atoms with Crippen molar-refractivity contribution in [3.63, 3.8) is 0 Å². The molecule has 0 spiro atoms. The topological polar surface area (TPSA) is 85.3 Å². The predicted octanol–water partition coefficient (Wildman–Crippen LogP) is -0.199. The summed E-state index contributed by atoms with van der Waals surface area (Å²) < 4.78 is 0.426. The third kappa shape index (κ3) is 1.40. The Morgan fingerprint density at radius 2 is 2.08 bits per heavy atom. The Balaban J connectivity index is 3.60. The number of nitrogens with two attached hydrogens (primary N) is 1. The predicted molar refractivity (Wildman–Crippen MR) is 45.9 cm³/mol. The first kappa shape index (κ1) is 9.31. The van der Waals surface area contributed by atoms with Crippen molar-refractivity contribution in [3.05, 3.63) is 33.2 Å². The molecule has 1 heterocycles. The molecule has 5 nitrogen and oxygen atoms in total. The second kappa shape index (κ2) is 2.93. The lowest BCUT2D eigenvalue weighted by Gasteiger charge is -2.06. The number of aryl methyl sites for hydroxylation is 1. The number of aromatic nitrogens is 1. The third-order valence-electron chi connectivity index (χ3n) is 1.94. The molecule has 0 saturated heterocycles. The Hall–Kier alpha value is -1.78. The van der Waals surface area contributed by atoms with Crippen molar-refractivity contribution in [3.8, 4) is 0 Å². The lowest BCUT2D eigenvalue weighted by atomic mass is 10.1. The van der Waals surface area contributed by atoms with Gasteiger partial charge in [-0.25, -0.2) is 0 Å². The molecule has 70 valence electrons. The molecule has 1 rings (SSSR count). The van der Waals surface area contributed by atoms with Gasteiger partial charge in [0, 0.05) is 0 Å². The number of rotatable bonds is 1. The molecule has 1 aromatic heterocycles. The van der Waals surface area contributed by atoms with Gasteiger partial charge in [-0.15, -0.1) is 0 Å². The van der Waals surface area contributed by atoms with Gasteiger partial charge >= 0.3 is 0 Å². The maximum atomic E-state index is 11.2. The third-order valence-corrected chi connectivity index (χ3v) is 1.94. The van der Waals surface area contributed by atoms with Crippen LogP contribution in [0.1, 0.15) is 21.6 Å². The van der Waals surface area contributed by atoms with Crippen LogP contribution in [0.4, 0.5) is 0 Å². The molecule has 0 aromatic carbocycles. The highest BCUT2D eigenvalue weighted by molar-refractivity contribution is 5.92. The van der Waals surface area contributed by atoms with Crippen LogP contribution in [0.5, 0.6) is 0 Å². The van der Waals surface area contributed by atoms with E-state index in [0.29, 0.717) is 16.0 Å². The molecule has 0 aliphatic rings. The minimum atomic E-state index is -0.837. The van der Waals surface area contributed by atoms with Crippen molar-refractivity contribution < 1.29 is 10.0 Å². The molecular weight excluding hydrogens is 172 g/mol. The lowest BCUT2D eigenvalue weighted by molar-refractivity contribution is 0.0990. The van der Waals surface area contributed by atoms with Crippen LogP contribution in [-0.4, -0.2) is 15.8 Å². The first-order valence-electron chi connectivity index (χ1n) is 3.67. The summed E-state index contributed by atoms with van der Waals surface area (Å²) in [6.45, 7) is 3.25. The van der Waals surface area contributed by atoms with Gasteiger partial charge < -0.3 is 10.9 Å². The summed E-state index contributed by atoms with van der Waals surface area (Å²) in [5.41, 5.74) is 4.99. The van der Waals surface area contributed by atoms with E-state index in [4.69, 9.17) is 5.73 Å². The number of carbonyl (C=O) groups is 1. The van der Waals surface area contributed by atoms with E-state index in [-0.39, 0.29) is 5.56 Å². The molecular formula is C8H10N2O3.